The Kier molecular flexibility index (Phi) is 3.83. The van der Waals surface area contributed by atoms with Crippen molar-refractivity contribution in [3.8, 4) is 0 Å². The summed E-state index contributed by atoms with van der Waals surface area (Å²) in [6.07, 6.45) is 5.36. The first kappa shape index (κ1) is 17.1. The molecule has 4 heterocycles. The molecule has 1 aliphatic rings. The SMILES string of the molecule is CCOC(=O)c1c2ncccc2c(=O)n2c1[nH]c(=O)c1c3c(sc12)CCCC3. The van der Waals surface area contributed by atoms with Crippen molar-refractivity contribution in [1.82, 2.24) is 14.4 Å². The van der Waals surface area contributed by atoms with Gasteiger partial charge < -0.3 is 9.72 Å². The lowest BCUT2D eigenvalue weighted by Gasteiger charge is -2.11. The molecule has 142 valence electrons. The normalized spacial score (nSPS) is 13.9. The second-order valence-corrected chi connectivity index (χ2v) is 7.91. The van der Waals surface area contributed by atoms with Crippen LogP contribution in [0, 0.1) is 0 Å². The average Bonchev–Trinajstić information content (AvgIpc) is 3.08. The Balaban J connectivity index is 2.05. The number of aryl methyl sites for hydroxylation is 2. The van der Waals surface area contributed by atoms with Crippen LogP contribution in [0.3, 0.4) is 0 Å². The number of H-pyrrole nitrogens is 1. The Hall–Kier alpha value is -3.00. The summed E-state index contributed by atoms with van der Waals surface area (Å²) in [5.41, 5.74) is 0.946. The molecule has 4 aromatic rings. The van der Waals surface area contributed by atoms with Crippen molar-refractivity contribution >= 4 is 44.1 Å². The number of hydrogen-bond acceptors (Lipinski definition) is 6. The maximum atomic E-state index is 13.3. The van der Waals surface area contributed by atoms with E-state index in [1.165, 1.54) is 21.9 Å². The van der Waals surface area contributed by atoms with E-state index < -0.39 is 5.97 Å². The monoisotopic (exact) mass is 395 g/mol. The van der Waals surface area contributed by atoms with E-state index in [2.05, 4.69) is 9.97 Å². The van der Waals surface area contributed by atoms with Gasteiger partial charge in [0.05, 0.1) is 22.9 Å². The van der Waals surface area contributed by atoms with Crippen molar-refractivity contribution < 1.29 is 9.53 Å². The molecule has 0 radical (unpaired) electrons. The van der Waals surface area contributed by atoms with Crippen LogP contribution in [-0.2, 0) is 17.6 Å². The molecular formula is C20H17N3O4S. The van der Waals surface area contributed by atoms with Crippen LogP contribution in [-0.4, -0.2) is 26.9 Å². The molecule has 0 unspecified atom stereocenters. The summed E-state index contributed by atoms with van der Waals surface area (Å²) in [7, 11) is 0. The minimum absolute atomic E-state index is 0.113. The van der Waals surface area contributed by atoms with Crippen LogP contribution in [0.15, 0.2) is 27.9 Å². The Bertz CT molecular complexity index is 1400. The number of rotatable bonds is 2. The summed E-state index contributed by atoms with van der Waals surface area (Å²) >= 11 is 1.47. The van der Waals surface area contributed by atoms with Gasteiger partial charge in [-0.2, -0.15) is 0 Å². The molecule has 5 rings (SSSR count). The van der Waals surface area contributed by atoms with E-state index in [9.17, 15) is 14.4 Å². The van der Waals surface area contributed by atoms with Gasteiger partial charge in [0.25, 0.3) is 11.1 Å². The summed E-state index contributed by atoms with van der Waals surface area (Å²) in [6, 6.07) is 3.30. The second kappa shape index (κ2) is 6.27. The standard InChI is InChI=1S/C20H17N3O4S/c1-2-27-20(26)14-15-11(7-5-9-21-15)18(25)23-16(14)22-17(24)13-10-6-3-4-8-12(10)28-19(13)23/h5,7,9H,2-4,6,8H2,1H3,(H,22,24). The molecule has 0 bridgehead atoms. The molecule has 28 heavy (non-hydrogen) atoms. The van der Waals surface area contributed by atoms with Crippen molar-refractivity contribution in [1.29, 1.82) is 0 Å². The molecule has 0 atom stereocenters. The molecule has 7 nitrogen and oxygen atoms in total. The van der Waals surface area contributed by atoms with Crippen LogP contribution in [0.5, 0.6) is 0 Å². The Morgan fingerprint density at radius 1 is 1.32 bits per heavy atom. The molecule has 0 saturated heterocycles. The van der Waals surface area contributed by atoms with Crippen molar-refractivity contribution in [3.05, 3.63) is 55.0 Å². The molecule has 4 aromatic heterocycles. The number of pyridine rings is 2. The summed E-state index contributed by atoms with van der Waals surface area (Å²) in [5, 5.41) is 0.884. The van der Waals surface area contributed by atoms with Gasteiger partial charge in [-0.1, -0.05) is 0 Å². The van der Waals surface area contributed by atoms with Gasteiger partial charge in [0.15, 0.2) is 0 Å². The number of nitrogens with zero attached hydrogens (tertiary/aromatic N) is 2. The van der Waals surface area contributed by atoms with Gasteiger partial charge in [-0.15, -0.1) is 11.3 Å². The topological polar surface area (TPSA) is 93.5 Å². The van der Waals surface area contributed by atoms with Crippen LogP contribution in [0.2, 0.25) is 0 Å². The lowest BCUT2D eigenvalue weighted by Crippen LogP contribution is -2.24. The van der Waals surface area contributed by atoms with Gasteiger partial charge in [0, 0.05) is 11.1 Å². The summed E-state index contributed by atoms with van der Waals surface area (Å²) < 4.78 is 6.66. The molecule has 0 aromatic carbocycles. The third-order valence-electron chi connectivity index (χ3n) is 5.23. The number of carbonyl (C=O) groups excluding carboxylic acids is 1. The predicted molar refractivity (Wildman–Crippen MR) is 108 cm³/mol. The Labute approximate surface area is 162 Å². The highest BCUT2D eigenvalue weighted by molar-refractivity contribution is 7.18. The fourth-order valence-corrected chi connectivity index (χ4v) is 5.44. The molecule has 0 aliphatic heterocycles. The van der Waals surface area contributed by atoms with Crippen LogP contribution in [0.1, 0.15) is 40.6 Å². The summed E-state index contributed by atoms with van der Waals surface area (Å²) in [4.78, 5) is 47.8. The fraction of sp³-hybridized carbons (Fsp3) is 0.300. The van der Waals surface area contributed by atoms with Gasteiger partial charge >= 0.3 is 5.97 Å². The number of thiophene rings is 1. The number of nitrogens with one attached hydrogen (secondary N) is 1. The van der Waals surface area contributed by atoms with Crippen LogP contribution < -0.4 is 11.1 Å². The Morgan fingerprint density at radius 3 is 2.96 bits per heavy atom. The third-order valence-corrected chi connectivity index (χ3v) is 6.51. The molecule has 1 aliphatic carbocycles. The van der Waals surface area contributed by atoms with E-state index in [1.54, 1.807) is 19.1 Å². The first-order chi connectivity index (χ1) is 13.6. The van der Waals surface area contributed by atoms with Gasteiger partial charge in [0.1, 0.15) is 16.0 Å². The van der Waals surface area contributed by atoms with Crippen LogP contribution >= 0.6 is 11.3 Å². The fourth-order valence-electron chi connectivity index (χ4n) is 4.04. The summed E-state index contributed by atoms with van der Waals surface area (Å²) in [6.45, 7) is 1.89. The van der Waals surface area contributed by atoms with Crippen molar-refractivity contribution in [3.63, 3.8) is 0 Å². The largest absolute Gasteiger partial charge is 0.462 e. The minimum Gasteiger partial charge on any atom is -0.462 e. The summed E-state index contributed by atoms with van der Waals surface area (Å²) in [5.74, 6) is -0.611. The number of esters is 1. The number of hydrogen-bond donors (Lipinski definition) is 1. The molecule has 0 fully saturated rings. The van der Waals surface area contributed by atoms with E-state index >= 15 is 0 Å². The molecular weight excluding hydrogens is 378 g/mol. The van der Waals surface area contributed by atoms with Crippen molar-refractivity contribution in [2.75, 3.05) is 6.61 Å². The number of carbonyl (C=O) groups is 1. The molecule has 0 saturated carbocycles. The number of fused-ring (bicyclic) bond motifs is 6. The molecule has 8 heteroatoms. The molecule has 0 amide bonds. The molecule has 1 N–H and O–H groups in total. The maximum absolute atomic E-state index is 13.3. The van der Waals surface area contributed by atoms with Crippen LogP contribution in [0.25, 0.3) is 26.8 Å². The van der Waals surface area contributed by atoms with E-state index in [1.807, 2.05) is 0 Å². The smallest absolute Gasteiger partial charge is 0.344 e. The first-order valence-electron chi connectivity index (χ1n) is 9.29. The first-order valence-corrected chi connectivity index (χ1v) is 10.1. The zero-order chi connectivity index (χ0) is 19.4. The third kappa shape index (κ3) is 2.27. The average molecular weight is 395 g/mol. The van der Waals surface area contributed by atoms with Gasteiger partial charge in [-0.3, -0.25) is 19.0 Å². The molecule has 0 spiro atoms. The second-order valence-electron chi connectivity index (χ2n) is 6.83. The Morgan fingerprint density at radius 2 is 2.14 bits per heavy atom. The highest BCUT2D eigenvalue weighted by atomic mass is 32.1. The number of aromatic amines is 1. The van der Waals surface area contributed by atoms with Gasteiger partial charge in [-0.05, 0) is 50.3 Å². The lowest BCUT2D eigenvalue weighted by molar-refractivity contribution is 0.0530. The van der Waals surface area contributed by atoms with Crippen LogP contribution in [0.4, 0.5) is 0 Å². The van der Waals surface area contributed by atoms with Gasteiger partial charge in [-0.25, -0.2) is 4.79 Å². The zero-order valence-electron chi connectivity index (χ0n) is 15.2. The predicted octanol–water partition coefficient (Wildman–Crippen LogP) is 2.81. The lowest BCUT2D eigenvalue weighted by atomic mass is 9.97. The highest BCUT2D eigenvalue weighted by Gasteiger charge is 2.26. The van der Waals surface area contributed by atoms with Crippen molar-refractivity contribution in [2.45, 2.75) is 32.6 Å². The zero-order valence-corrected chi connectivity index (χ0v) is 16.0. The highest BCUT2D eigenvalue weighted by Crippen LogP contribution is 2.35. The minimum atomic E-state index is -0.611. The van der Waals surface area contributed by atoms with E-state index in [4.69, 9.17) is 4.74 Å². The van der Waals surface area contributed by atoms with E-state index in [0.717, 1.165) is 36.1 Å². The van der Waals surface area contributed by atoms with E-state index in [0.29, 0.717) is 15.6 Å². The van der Waals surface area contributed by atoms with E-state index in [-0.39, 0.29) is 34.5 Å². The number of ether oxygens (including phenoxy) is 1. The maximum Gasteiger partial charge on any atom is 0.344 e. The van der Waals surface area contributed by atoms with Gasteiger partial charge in [0.2, 0.25) is 0 Å². The number of aromatic nitrogens is 3. The quantitative estimate of drug-likeness (QED) is 0.416. The van der Waals surface area contributed by atoms with Crippen molar-refractivity contribution in [2.24, 2.45) is 0 Å².